The van der Waals surface area contributed by atoms with E-state index in [-0.39, 0.29) is 17.3 Å². The second-order valence-corrected chi connectivity index (χ2v) is 6.90. The SMILES string of the molecule is CCc1ccc(CO)cc1S(=O)(=O)Nc1ncccc1Br. The van der Waals surface area contributed by atoms with Gasteiger partial charge in [-0.2, -0.15) is 0 Å². The molecule has 0 aliphatic heterocycles. The zero-order valence-electron chi connectivity index (χ0n) is 11.4. The smallest absolute Gasteiger partial charge is 0.263 e. The van der Waals surface area contributed by atoms with Crippen molar-refractivity contribution in [3.05, 3.63) is 52.1 Å². The zero-order chi connectivity index (χ0) is 15.5. The fraction of sp³-hybridized carbons (Fsp3) is 0.214. The van der Waals surface area contributed by atoms with Gasteiger partial charge < -0.3 is 5.11 Å². The van der Waals surface area contributed by atoms with E-state index in [0.717, 1.165) is 0 Å². The first-order valence-corrected chi connectivity index (χ1v) is 8.61. The maximum absolute atomic E-state index is 12.5. The first-order valence-electron chi connectivity index (χ1n) is 6.34. The minimum Gasteiger partial charge on any atom is -0.392 e. The quantitative estimate of drug-likeness (QED) is 0.847. The average Bonchev–Trinajstić information content (AvgIpc) is 2.48. The first kappa shape index (κ1) is 15.9. The number of aryl methyl sites for hydroxylation is 1. The van der Waals surface area contributed by atoms with E-state index in [0.29, 0.717) is 22.0 Å². The summed E-state index contributed by atoms with van der Waals surface area (Å²) in [5.74, 6) is 0.231. The van der Waals surface area contributed by atoms with E-state index >= 15 is 0 Å². The number of aliphatic hydroxyl groups excluding tert-OH is 1. The number of anilines is 1. The van der Waals surface area contributed by atoms with Crippen molar-refractivity contribution in [2.45, 2.75) is 24.8 Å². The molecule has 0 aliphatic rings. The summed E-state index contributed by atoms with van der Waals surface area (Å²) in [6.07, 6.45) is 2.08. The minimum absolute atomic E-state index is 0.161. The molecule has 1 aromatic heterocycles. The second-order valence-electron chi connectivity index (χ2n) is 4.39. The predicted molar refractivity (Wildman–Crippen MR) is 84.5 cm³/mol. The van der Waals surface area contributed by atoms with Crippen LogP contribution in [0.15, 0.2) is 45.9 Å². The van der Waals surface area contributed by atoms with Crippen molar-refractivity contribution >= 4 is 31.8 Å². The third-order valence-corrected chi connectivity index (χ3v) is 5.04. The Labute approximate surface area is 132 Å². The number of nitrogens with one attached hydrogen (secondary N) is 1. The molecule has 0 saturated carbocycles. The van der Waals surface area contributed by atoms with Gasteiger partial charge in [0.25, 0.3) is 10.0 Å². The van der Waals surface area contributed by atoms with Crippen molar-refractivity contribution in [3.8, 4) is 0 Å². The minimum atomic E-state index is -3.76. The van der Waals surface area contributed by atoms with E-state index in [4.69, 9.17) is 0 Å². The number of aromatic nitrogens is 1. The zero-order valence-corrected chi connectivity index (χ0v) is 13.8. The lowest BCUT2D eigenvalue weighted by Gasteiger charge is -2.13. The van der Waals surface area contributed by atoms with Gasteiger partial charge in [-0.25, -0.2) is 13.4 Å². The fourth-order valence-electron chi connectivity index (χ4n) is 1.88. The van der Waals surface area contributed by atoms with Crippen LogP contribution in [-0.4, -0.2) is 18.5 Å². The molecule has 2 rings (SSSR count). The highest BCUT2D eigenvalue weighted by atomic mass is 79.9. The van der Waals surface area contributed by atoms with Crippen LogP contribution in [0.25, 0.3) is 0 Å². The van der Waals surface area contributed by atoms with Crippen molar-refractivity contribution in [2.75, 3.05) is 4.72 Å². The van der Waals surface area contributed by atoms with Crippen LogP contribution < -0.4 is 4.72 Å². The van der Waals surface area contributed by atoms with Gasteiger partial charge in [0.2, 0.25) is 0 Å². The van der Waals surface area contributed by atoms with Crippen LogP contribution in [0.1, 0.15) is 18.1 Å². The Morgan fingerprint density at radius 2 is 2.10 bits per heavy atom. The van der Waals surface area contributed by atoms with Crippen molar-refractivity contribution in [3.63, 3.8) is 0 Å². The summed E-state index contributed by atoms with van der Waals surface area (Å²) in [7, 11) is -3.76. The first-order chi connectivity index (χ1) is 9.97. The Balaban J connectivity index is 2.46. The topological polar surface area (TPSA) is 79.3 Å². The summed E-state index contributed by atoms with van der Waals surface area (Å²) >= 11 is 3.26. The number of sulfonamides is 1. The highest BCUT2D eigenvalue weighted by molar-refractivity contribution is 9.10. The van der Waals surface area contributed by atoms with Gasteiger partial charge in [-0.15, -0.1) is 0 Å². The summed E-state index contributed by atoms with van der Waals surface area (Å²) in [4.78, 5) is 4.16. The van der Waals surface area contributed by atoms with Crippen LogP contribution in [0.5, 0.6) is 0 Å². The highest BCUT2D eigenvalue weighted by Crippen LogP contribution is 2.25. The lowest BCUT2D eigenvalue weighted by Crippen LogP contribution is -2.16. The Bertz CT molecular complexity index is 748. The number of rotatable bonds is 5. The Kier molecular flexibility index (Phi) is 4.97. The van der Waals surface area contributed by atoms with Gasteiger partial charge in [0.1, 0.15) is 0 Å². The number of hydrogen-bond acceptors (Lipinski definition) is 4. The number of pyridine rings is 1. The Hall–Kier alpha value is -1.44. The average molecular weight is 371 g/mol. The van der Waals surface area contributed by atoms with Crippen LogP contribution >= 0.6 is 15.9 Å². The van der Waals surface area contributed by atoms with Crippen LogP contribution in [0, 0.1) is 0 Å². The van der Waals surface area contributed by atoms with Gasteiger partial charge in [0.15, 0.2) is 5.82 Å². The molecule has 0 radical (unpaired) electrons. The van der Waals surface area contributed by atoms with Gasteiger partial charge in [-0.3, -0.25) is 4.72 Å². The normalized spacial score (nSPS) is 11.4. The standard InChI is InChI=1S/C14H15BrN2O3S/c1-2-11-6-5-10(9-18)8-13(11)21(19,20)17-14-12(15)4-3-7-16-14/h3-8,18H,2,9H2,1H3,(H,16,17). The molecule has 0 saturated heterocycles. The number of benzene rings is 1. The fourth-order valence-corrected chi connectivity index (χ4v) is 3.76. The largest absolute Gasteiger partial charge is 0.392 e. The number of nitrogens with zero attached hydrogens (tertiary/aromatic N) is 1. The van der Waals surface area contributed by atoms with E-state index in [2.05, 4.69) is 25.6 Å². The highest BCUT2D eigenvalue weighted by Gasteiger charge is 2.20. The van der Waals surface area contributed by atoms with Crippen molar-refractivity contribution in [1.82, 2.24) is 4.98 Å². The molecule has 0 aliphatic carbocycles. The predicted octanol–water partition coefficient (Wildman–Crippen LogP) is 2.70. The molecule has 1 aromatic carbocycles. The molecule has 0 fully saturated rings. The summed E-state index contributed by atoms with van der Waals surface area (Å²) in [6.45, 7) is 1.67. The Morgan fingerprint density at radius 1 is 1.33 bits per heavy atom. The van der Waals surface area contributed by atoms with Gasteiger partial charge in [0, 0.05) is 6.20 Å². The molecule has 5 nitrogen and oxygen atoms in total. The number of aliphatic hydroxyl groups is 1. The summed E-state index contributed by atoms with van der Waals surface area (Å²) < 4.78 is 28.1. The van der Waals surface area contributed by atoms with Crippen molar-refractivity contribution in [2.24, 2.45) is 0 Å². The summed E-state index contributed by atoms with van der Waals surface area (Å²) in [5.41, 5.74) is 1.24. The summed E-state index contributed by atoms with van der Waals surface area (Å²) in [5, 5.41) is 9.19. The molecule has 2 aromatic rings. The molecule has 0 atom stereocenters. The van der Waals surface area contributed by atoms with Crippen LogP contribution in [0.2, 0.25) is 0 Å². The van der Waals surface area contributed by atoms with Gasteiger partial charge in [0.05, 0.1) is 16.0 Å². The lowest BCUT2D eigenvalue weighted by atomic mass is 10.1. The van der Waals surface area contributed by atoms with Crippen LogP contribution in [0.4, 0.5) is 5.82 Å². The molecule has 7 heteroatoms. The van der Waals surface area contributed by atoms with Crippen LogP contribution in [0.3, 0.4) is 0 Å². The maximum atomic E-state index is 12.5. The second kappa shape index (κ2) is 6.55. The third-order valence-electron chi connectivity index (χ3n) is 2.97. The third kappa shape index (κ3) is 3.61. The van der Waals surface area contributed by atoms with E-state index < -0.39 is 10.0 Å². The molecule has 0 spiro atoms. The number of halogens is 1. The van der Waals surface area contributed by atoms with Crippen molar-refractivity contribution in [1.29, 1.82) is 0 Å². The molecular formula is C14H15BrN2O3S. The van der Waals surface area contributed by atoms with Crippen molar-refractivity contribution < 1.29 is 13.5 Å². The van der Waals surface area contributed by atoms with Gasteiger partial charge in [-0.05, 0) is 51.7 Å². The lowest BCUT2D eigenvalue weighted by molar-refractivity contribution is 0.281. The molecule has 1 heterocycles. The van der Waals surface area contributed by atoms with E-state index in [1.54, 1.807) is 24.3 Å². The maximum Gasteiger partial charge on any atom is 0.263 e. The van der Waals surface area contributed by atoms with Gasteiger partial charge in [-0.1, -0.05) is 19.1 Å². The molecule has 0 bridgehead atoms. The van der Waals surface area contributed by atoms with Gasteiger partial charge >= 0.3 is 0 Å². The van der Waals surface area contributed by atoms with E-state index in [1.807, 2.05) is 6.92 Å². The molecule has 2 N–H and O–H groups in total. The molecule has 0 unspecified atom stereocenters. The Morgan fingerprint density at radius 3 is 2.71 bits per heavy atom. The molecule has 112 valence electrons. The molecule has 0 amide bonds. The van der Waals surface area contributed by atoms with E-state index in [1.165, 1.54) is 12.3 Å². The summed E-state index contributed by atoms with van der Waals surface area (Å²) in [6, 6.07) is 8.32. The molecular weight excluding hydrogens is 356 g/mol. The molecule has 21 heavy (non-hydrogen) atoms. The number of hydrogen-bond donors (Lipinski definition) is 2. The monoisotopic (exact) mass is 370 g/mol. The van der Waals surface area contributed by atoms with E-state index in [9.17, 15) is 13.5 Å². The van der Waals surface area contributed by atoms with Crippen LogP contribution in [-0.2, 0) is 23.1 Å².